The summed E-state index contributed by atoms with van der Waals surface area (Å²) in [5.74, 6) is 0.657. The van der Waals surface area contributed by atoms with Gasteiger partial charge in [-0.25, -0.2) is 0 Å². The number of aromatic amines is 1. The summed E-state index contributed by atoms with van der Waals surface area (Å²) in [6.07, 6.45) is 2.23. The van der Waals surface area contributed by atoms with Crippen LogP contribution in [-0.4, -0.2) is 43.4 Å². The molecule has 0 aliphatic heterocycles. The number of carboxylic acids is 1. The number of H-pyrrole nitrogens is 1. The first-order valence-electron chi connectivity index (χ1n) is 8.87. The third kappa shape index (κ3) is 4.04. The molecule has 1 atom stereocenters. The summed E-state index contributed by atoms with van der Waals surface area (Å²) in [5.41, 5.74) is 2.78. The molecular weight excluding hydrogens is 360 g/mol. The molecule has 0 radical (unpaired) electrons. The third-order valence-electron chi connectivity index (χ3n) is 4.67. The fourth-order valence-corrected chi connectivity index (χ4v) is 3.25. The highest BCUT2D eigenvalue weighted by atomic mass is 16.5. The Hall–Kier alpha value is -3.19. The van der Waals surface area contributed by atoms with Crippen LogP contribution in [-0.2, 0) is 17.8 Å². The molecule has 0 bridgehead atoms. The van der Waals surface area contributed by atoms with Crippen LogP contribution < -0.4 is 19.5 Å². The van der Waals surface area contributed by atoms with E-state index in [1.54, 1.807) is 33.5 Å². The summed E-state index contributed by atoms with van der Waals surface area (Å²) in [4.78, 5) is 15.0. The van der Waals surface area contributed by atoms with Crippen LogP contribution in [0.2, 0.25) is 0 Å². The second-order valence-electron chi connectivity index (χ2n) is 6.37. The highest BCUT2D eigenvalue weighted by Gasteiger charge is 2.20. The number of para-hydroxylation sites is 1. The zero-order valence-corrected chi connectivity index (χ0v) is 16.1. The van der Waals surface area contributed by atoms with E-state index in [9.17, 15) is 9.90 Å². The van der Waals surface area contributed by atoms with E-state index in [0.717, 1.165) is 22.0 Å². The molecule has 0 aliphatic rings. The van der Waals surface area contributed by atoms with Gasteiger partial charge in [0.1, 0.15) is 6.04 Å². The normalized spacial score (nSPS) is 12.0. The minimum Gasteiger partial charge on any atom is -0.493 e. The second kappa shape index (κ2) is 8.67. The molecule has 3 aromatic rings. The molecule has 148 valence electrons. The molecule has 0 unspecified atom stereocenters. The van der Waals surface area contributed by atoms with E-state index >= 15 is 0 Å². The second-order valence-corrected chi connectivity index (χ2v) is 6.37. The highest BCUT2D eigenvalue weighted by molar-refractivity contribution is 5.84. The lowest BCUT2D eigenvalue weighted by Gasteiger charge is -2.17. The number of hydrogen-bond acceptors (Lipinski definition) is 5. The van der Waals surface area contributed by atoms with E-state index in [1.807, 2.05) is 30.5 Å². The Labute approximate surface area is 163 Å². The quantitative estimate of drug-likeness (QED) is 0.525. The van der Waals surface area contributed by atoms with Gasteiger partial charge in [-0.15, -0.1) is 0 Å². The molecule has 0 amide bonds. The van der Waals surface area contributed by atoms with Gasteiger partial charge in [0.15, 0.2) is 11.5 Å². The molecule has 0 aliphatic carbocycles. The summed E-state index contributed by atoms with van der Waals surface area (Å²) in [6, 6.07) is 10.7. The SMILES string of the molecule is COc1cc(CN[C@@H](Cc2c[nH]c3ccccc23)C(=O)O)cc(OC)c1OC. The molecule has 3 rings (SSSR count). The van der Waals surface area contributed by atoms with Crippen LogP contribution in [0.4, 0.5) is 0 Å². The van der Waals surface area contributed by atoms with E-state index in [-0.39, 0.29) is 0 Å². The van der Waals surface area contributed by atoms with Crippen LogP contribution in [0.25, 0.3) is 10.9 Å². The summed E-state index contributed by atoms with van der Waals surface area (Å²) in [5, 5.41) is 13.8. The van der Waals surface area contributed by atoms with Gasteiger partial charge in [-0.05, 0) is 29.3 Å². The number of rotatable bonds is 9. The number of fused-ring (bicyclic) bond motifs is 1. The number of hydrogen-bond donors (Lipinski definition) is 3. The maximum Gasteiger partial charge on any atom is 0.321 e. The molecule has 1 aromatic heterocycles. The molecule has 0 fully saturated rings. The van der Waals surface area contributed by atoms with Crippen LogP contribution in [0.1, 0.15) is 11.1 Å². The Morgan fingerprint density at radius 2 is 1.79 bits per heavy atom. The van der Waals surface area contributed by atoms with E-state index in [0.29, 0.717) is 30.2 Å². The average molecular weight is 384 g/mol. The first-order valence-corrected chi connectivity index (χ1v) is 8.87. The van der Waals surface area contributed by atoms with Crippen molar-refractivity contribution in [3.8, 4) is 17.2 Å². The van der Waals surface area contributed by atoms with Gasteiger partial charge in [0.2, 0.25) is 5.75 Å². The molecule has 1 heterocycles. The summed E-state index contributed by atoms with van der Waals surface area (Å²) < 4.78 is 16.0. The van der Waals surface area contributed by atoms with E-state index < -0.39 is 12.0 Å². The minimum absolute atomic E-state index is 0.343. The number of benzene rings is 2. The summed E-state index contributed by atoms with van der Waals surface area (Å²) >= 11 is 0. The number of carbonyl (C=O) groups is 1. The highest BCUT2D eigenvalue weighted by Crippen LogP contribution is 2.38. The maximum absolute atomic E-state index is 11.8. The first kappa shape index (κ1) is 19.6. The van der Waals surface area contributed by atoms with Crippen molar-refractivity contribution in [1.29, 1.82) is 0 Å². The fourth-order valence-electron chi connectivity index (χ4n) is 3.25. The van der Waals surface area contributed by atoms with Gasteiger partial charge in [0.05, 0.1) is 21.3 Å². The standard InChI is InChI=1S/C21H24N2O5/c1-26-18-8-13(9-19(27-2)20(18)28-3)11-22-17(21(24)25)10-14-12-23-16-7-5-4-6-15(14)16/h4-9,12,17,22-23H,10-11H2,1-3H3,(H,24,25)/t17-/m0/s1. The minimum atomic E-state index is -0.905. The van der Waals surface area contributed by atoms with Crippen LogP contribution in [0.5, 0.6) is 17.2 Å². The lowest BCUT2D eigenvalue weighted by atomic mass is 10.0. The van der Waals surface area contributed by atoms with Crippen molar-refractivity contribution in [2.45, 2.75) is 19.0 Å². The number of carboxylic acid groups (broad SMARTS) is 1. The van der Waals surface area contributed by atoms with E-state index in [2.05, 4.69) is 10.3 Å². The summed E-state index contributed by atoms with van der Waals surface area (Å²) in [7, 11) is 4.64. The molecule has 2 aromatic carbocycles. The van der Waals surface area contributed by atoms with Crippen molar-refractivity contribution in [2.75, 3.05) is 21.3 Å². The number of aliphatic carboxylic acids is 1. The summed E-state index contributed by atoms with van der Waals surface area (Å²) in [6.45, 7) is 0.343. The smallest absolute Gasteiger partial charge is 0.321 e. The lowest BCUT2D eigenvalue weighted by molar-refractivity contribution is -0.139. The Bertz CT molecular complexity index is 941. The largest absolute Gasteiger partial charge is 0.493 e. The van der Waals surface area contributed by atoms with Crippen molar-refractivity contribution >= 4 is 16.9 Å². The van der Waals surface area contributed by atoms with Gasteiger partial charge in [-0.1, -0.05) is 18.2 Å². The molecule has 7 nitrogen and oxygen atoms in total. The Morgan fingerprint density at radius 3 is 2.39 bits per heavy atom. The lowest BCUT2D eigenvalue weighted by Crippen LogP contribution is -2.38. The Kier molecular flexibility index (Phi) is 6.06. The van der Waals surface area contributed by atoms with Crippen molar-refractivity contribution < 1.29 is 24.1 Å². The van der Waals surface area contributed by atoms with Gasteiger partial charge in [-0.3, -0.25) is 4.79 Å². The van der Waals surface area contributed by atoms with Gasteiger partial charge >= 0.3 is 5.97 Å². The molecule has 7 heteroatoms. The predicted molar refractivity (Wildman–Crippen MR) is 106 cm³/mol. The predicted octanol–water partition coefficient (Wildman–Crippen LogP) is 2.98. The first-order chi connectivity index (χ1) is 13.6. The van der Waals surface area contributed by atoms with Gasteiger partial charge < -0.3 is 29.6 Å². The van der Waals surface area contributed by atoms with Crippen molar-refractivity contribution in [3.05, 3.63) is 53.7 Å². The van der Waals surface area contributed by atoms with Crippen molar-refractivity contribution in [1.82, 2.24) is 10.3 Å². The Balaban J connectivity index is 1.78. The van der Waals surface area contributed by atoms with Gasteiger partial charge in [-0.2, -0.15) is 0 Å². The van der Waals surface area contributed by atoms with Crippen LogP contribution in [0.15, 0.2) is 42.6 Å². The topological polar surface area (TPSA) is 92.8 Å². The monoisotopic (exact) mass is 384 g/mol. The van der Waals surface area contributed by atoms with Crippen LogP contribution in [0.3, 0.4) is 0 Å². The molecule has 28 heavy (non-hydrogen) atoms. The van der Waals surface area contributed by atoms with Crippen molar-refractivity contribution in [3.63, 3.8) is 0 Å². The number of ether oxygens (including phenoxy) is 3. The average Bonchev–Trinajstić information content (AvgIpc) is 3.12. The third-order valence-corrected chi connectivity index (χ3v) is 4.67. The molecule has 0 spiro atoms. The zero-order valence-electron chi connectivity index (χ0n) is 16.1. The van der Waals surface area contributed by atoms with Crippen LogP contribution >= 0.6 is 0 Å². The van der Waals surface area contributed by atoms with Crippen LogP contribution in [0, 0.1) is 0 Å². The van der Waals surface area contributed by atoms with Gasteiger partial charge in [0.25, 0.3) is 0 Å². The molecule has 0 saturated heterocycles. The van der Waals surface area contributed by atoms with E-state index in [4.69, 9.17) is 14.2 Å². The number of methoxy groups -OCH3 is 3. The molecule has 0 saturated carbocycles. The van der Waals surface area contributed by atoms with Crippen molar-refractivity contribution in [2.24, 2.45) is 0 Å². The van der Waals surface area contributed by atoms with E-state index in [1.165, 1.54) is 0 Å². The zero-order chi connectivity index (χ0) is 20.1. The molecule has 3 N–H and O–H groups in total. The number of nitrogens with one attached hydrogen (secondary N) is 2. The van der Waals surface area contributed by atoms with Gasteiger partial charge in [0, 0.05) is 30.1 Å². The Morgan fingerprint density at radius 1 is 1.11 bits per heavy atom. The molecular formula is C21H24N2O5. The fraction of sp³-hybridized carbons (Fsp3) is 0.286. The maximum atomic E-state index is 11.8. The number of aromatic nitrogens is 1.